The van der Waals surface area contributed by atoms with E-state index in [1.165, 1.54) is 4.90 Å². The molecular formula is C24H34N4O5. The fraction of sp³-hybridized carbons (Fsp3) is 0.583. The van der Waals surface area contributed by atoms with Crippen LogP contribution in [0.3, 0.4) is 0 Å². The first-order chi connectivity index (χ1) is 16.1. The summed E-state index contributed by atoms with van der Waals surface area (Å²) in [7, 11) is 3.14. The number of carbonyl (C=O) groups is 2. The number of carbonyl (C=O) groups excluding carboxylic acids is 2. The lowest BCUT2D eigenvalue weighted by atomic mass is 10.0. The number of hydrogen-bond donors (Lipinski definition) is 0. The van der Waals surface area contributed by atoms with Crippen molar-refractivity contribution in [3.63, 3.8) is 0 Å². The van der Waals surface area contributed by atoms with E-state index < -0.39 is 0 Å². The Morgan fingerprint density at radius 3 is 2.18 bits per heavy atom. The van der Waals surface area contributed by atoms with Gasteiger partial charge in [0.05, 0.1) is 33.0 Å². The molecule has 2 saturated heterocycles. The van der Waals surface area contributed by atoms with Crippen LogP contribution in [0, 0.1) is 0 Å². The molecule has 3 aliphatic rings. The number of likely N-dealkylation sites (N-methyl/N-ethyl adjacent to an activating group) is 1. The Morgan fingerprint density at radius 1 is 0.848 bits per heavy atom. The molecule has 2 fully saturated rings. The van der Waals surface area contributed by atoms with Crippen molar-refractivity contribution in [1.82, 2.24) is 19.6 Å². The van der Waals surface area contributed by atoms with E-state index >= 15 is 0 Å². The molecule has 0 aromatic heterocycles. The van der Waals surface area contributed by atoms with Crippen LogP contribution in [0.1, 0.15) is 12.5 Å². The molecule has 9 nitrogen and oxygen atoms in total. The molecule has 2 amide bonds. The van der Waals surface area contributed by atoms with E-state index in [-0.39, 0.29) is 11.8 Å². The third-order valence-corrected chi connectivity index (χ3v) is 6.70. The van der Waals surface area contributed by atoms with E-state index in [4.69, 9.17) is 14.2 Å². The fourth-order valence-electron chi connectivity index (χ4n) is 4.67. The number of rotatable bonds is 8. The Hall–Kier alpha value is -2.62. The number of amides is 2. The molecule has 0 atom stereocenters. The number of methoxy groups -OCH3 is 2. The summed E-state index contributed by atoms with van der Waals surface area (Å²) in [6.07, 6.45) is 0. The zero-order valence-corrected chi connectivity index (χ0v) is 19.8. The normalized spacial score (nSPS) is 20.7. The lowest BCUT2D eigenvalue weighted by Crippen LogP contribution is -2.48. The van der Waals surface area contributed by atoms with Crippen LogP contribution in [0.2, 0.25) is 0 Å². The third kappa shape index (κ3) is 4.85. The van der Waals surface area contributed by atoms with Crippen molar-refractivity contribution in [2.45, 2.75) is 6.92 Å². The van der Waals surface area contributed by atoms with Crippen LogP contribution in [0.5, 0.6) is 11.5 Å². The smallest absolute Gasteiger partial charge is 0.277 e. The van der Waals surface area contributed by atoms with Gasteiger partial charge in [0.25, 0.3) is 11.8 Å². The van der Waals surface area contributed by atoms with Crippen LogP contribution in [0.4, 0.5) is 0 Å². The standard InChI is InChI=1S/C24H34N4O5/c1-4-25-7-10-27(11-8-25)22-21(18-5-6-19(31-2)20(17-18)32-3)23(29)28(24(22)30)12-9-26-13-15-33-16-14-26/h5-6,17H,4,7-16H2,1-3H3. The maximum Gasteiger partial charge on any atom is 0.277 e. The van der Waals surface area contributed by atoms with Crippen molar-refractivity contribution < 1.29 is 23.8 Å². The minimum atomic E-state index is -0.242. The molecule has 33 heavy (non-hydrogen) atoms. The minimum Gasteiger partial charge on any atom is -0.493 e. The van der Waals surface area contributed by atoms with Crippen molar-refractivity contribution in [2.24, 2.45) is 0 Å². The molecule has 0 bridgehead atoms. The Kier molecular flexibility index (Phi) is 7.52. The molecule has 4 rings (SSSR count). The second-order valence-electron chi connectivity index (χ2n) is 8.43. The molecule has 9 heteroatoms. The van der Waals surface area contributed by atoms with E-state index in [0.29, 0.717) is 54.6 Å². The van der Waals surface area contributed by atoms with Gasteiger partial charge in [0.1, 0.15) is 5.70 Å². The molecule has 3 aliphatic heterocycles. The first kappa shape index (κ1) is 23.5. The van der Waals surface area contributed by atoms with Crippen LogP contribution in [0.25, 0.3) is 5.57 Å². The topological polar surface area (TPSA) is 74.8 Å². The molecule has 0 saturated carbocycles. The Morgan fingerprint density at radius 2 is 1.55 bits per heavy atom. The summed E-state index contributed by atoms with van der Waals surface area (Å²) in [4.78, 5) is 35.3. The second-order valence-corrected chi connectivity index (χ2v) is 8.43. The van der Waals surface area contributed by atoms with Crippen LogP contribution in [-0.2, 0) is 14.3 Å². The first-order valence-corrected chi connectivity index (χ1v) is 11.7. The summed E-state index contributed by atoms with van der Waals surface area (Å²) >= 11 is 0. The second kappa shape index (κ2) is 10.5. The van der Waals surface area contributed by atoms with Gasteiger partial charge in [-0.2, -0.15) is 0 Å². The summed E-state index contributed by atoms with van der Waals surface area (Å²) < 4.78 is 16.2. The van der Waals surface area contributed by atoms with Crippen LogP contribution >= 0.6 is 0 Å². The molecule has 0 unspecified atom stereocenters. The average molecular weight is 459 g/mol. The Bertz CT molecular complexity index is 904. The number of nitrogens with zero attached hydrogens (tertiary/aromatic N) is 4. The molecule has 1 aromatic carbocycles. The summed E-state index contributed by atoms with van der Waals surface area (Å²) in [5.74, 6) is 0.668. The predicted octanol–water partition coefficient (Wildman–Crippen LogP) is 0.753. The van der Waals surface area contributed by atoms with Gasteiger partial charge in [-0.05, 0) is 24.2 Å². The van der Waals surface area contributed by atoms with E-state index in [2.05, 4.69) is 21.6 Å². The quantitative estimate of drug-likeness (QED) is 0.529. The number of benzene rings is 1. The molecule has 0 aliphatic carbocycles. The van der Waals surface area contributed by atoms with E-state index in [9.17, 15) is 9.59 Å². The maximum absolute atomic E-state index is 13.6. The van der Waals surface area contributed by atoms with Gasteiger partial charge >= 0.3 is 0 Å². The third-order valence-electron chi connectivity index (χ3n) is 6.70. The van der Waals surface area contributed by atoms with Crippen molar-refractivity contribution >= 4 is 17.4 Å². The Balaban J connectivity index is 1.64. The van der Waals surface area contributed by atoms with Crippen molar-refractivity contribution in [2.75, 3.05) is 86.3 Å². The molecule has 3 heterocycles. The van der Waals surface area contributed by atoms with Gasteiger partial charge < -0.3 is 24.0 Å². The van der Waals surface area contributed by atoms with Crippen molar-refractivity contribution in [1.29, 1.82) is 0 Å². The minimum absolute atomic E-state index is 0.206. The van der Waals surface area contributed by atoms with Crippen LogP contribution < -0.4 is 9.47 Å². The van der Waals surface area contributed by atoms with Gasteiger partial charge in [0, 0.05) is 52.4 Å². The maximum atomic E-state index is 13.6. The number of piperazine rings is 1. The predicted molar refractivity (Wildman–Crippen MR) is 124 cm³/mol. The lowest BCUT2D eigenvalue weighted by molar-refractivity contribution is -0.138. The number of imide groups is 1. The summed E-state index contributed by atoms with van der Waals surface area (Å²) in [5.41, 5.74) is 1.63. The summed E-state index contributed by atoms with van der Waals surface area (Å²) in [6, 6.07) is 5.39. The average Bonchev–Trinajstić information content (AvgIpc) is 3.12. The van der Waals surface area contributed by atoms with Crippen LogP contribution in [-0.4, -0.2) is 118 Å². The molecular weight excluding hydrogens is 424 g/mol. The van der Waals surface area contributed by atoms with Gasteiger partial charge in [0.15, 0.2) is 11.5 Å². The largest absolute Gasteiger partial charge is 0.493 e. The molecule has 0 radical (unpaired) electrons. The lowest BCUT2D eigenvalue weighted by Gasteiger charge is -2.36. The monoisotopic (exact) mass is 458 g/mol. The van der Waals surface area contributed by atoms with E-state index in [0.717, 1.165) is 45.8 Å². The van der Waals surface area contributed by atoms with Gasteiger partial charge in [-0.3, -0.25) is 19.4 Å². The van der Waals surface area contributed by atoms with E-state index in [1.807, 2.05) is 6.07 Å². The number of morpholine rings is 1. The van der Waals surface area contributed by atoms with Gasteiger partial charge in [-0.25, -0.2) is 0 Å². The highest BCUT2D eigenvalue weighted by Crippen LogP contribution is 2.36. The highest BCUT2D eigenvalue weighted by Gasteiger charge is 2.42. The van der Waals surface area contributed by atoms with Gasteiger partial charge in [0.2, 0.25) is 0 Å². The number of hydrogen-bond acceptors (Lipinski definition) is 8. The van der Waals surface area contributed by atoms with Crippen LogP contribution in [0.15, 0.2) is 23.9 Å². The van der Waals surface area contributed by atoms with E-state index in [1.54, 1.807) is 26.4 Å². The van der Waals surface area contributed by atoms with Gasteiger partial charge in [-0.15, -0.1) is 0 Å². The zero-order chi connectivity index (χ0) is 23.4. The van der Waals surface area contributed by atoms with Gasteiger partial charge in [-0.1, -0.05) is 13.0 Å². The Labute approximate surface area is 195 Å². The number of ether oxygens (including phenoxy) is 3. The summed E-state index contributed by atoms with van der Waals surface area (Å²) in [5, 5.41) is 0. The molecule has 1 aromatic rings. The molecule has 180 valence electrons. The summed E-state index contributed by atoms with van der Waals surface area (Å²) in [6.45, 7) is 10.3. The van der Waals surface area contributed by atoms with Crippen molar-refractivity contribution in [3.8, 4) is 11.5 Å². The van der Waals surface area contributed by atoms with Crippen molar-refractivity contribution in [3.05, 3.63) is 29.5 Å². The molecule has 0 N–H and O–H groups in total. The fourth-order valence-corrected chi connectivity index (χ4v) is 4.67. The zero-order valence-electron chi connectivity index (χ0n) is 19.8. The highest BCUT2D eigenvalue weighted by atomic mass is 16.5. The SMILES string of the molecule is CCN1CCN(C2=C(c3ccc(OC)c(OC)c3)C(=O)N(CCN3CCOCC3)C2=O)CC1. The first-order valence-electron chi connectivity index (χ1n) is 11.7. The molecule has 0 spiro atoms. The highest BCUT2D eigenvalue weighted by molar-refractivity contribution is 6.35.